The molecule has 0 saturated heterocycles. The third-order valence-electron chi connectivity index (χ3n) is 5.32. The fourth-order valence-corrected chi connectivity index (χ4v) is 3.66. The maximum atomic E-state index is 10.7. The van der Waals surface area contributed by atoms with E-state index in [0.29, 0.717) is 5.75 Å². The fourth-order valence-electron chi connectivity index (χ4n) is 3.66. The van der Waals surface area contributed by atoms with E-state index >= 15 is 0 Å². The van der Waals surface area contributed by atoms with Crippen LogP contribution in [-0.2, 0) is 5.41 Å². The maximum absolute atomic E-state index is 10.7. The van der Waals surface area contributed by atoms with Gasteiger partial charge in [0.15, 0.2) is 0 Å². The van der Waals surface area contributed by atoms with Gasteiger partial charge in [0.2, 0.25) is 0 Å². The molecule has 1 saturated carbocycles. The van der Waals surface area contributed by atoms with E-state index in [1.807, 2.05) is 30.3 Å². The first-order valence-corrected chi connectivity index (χ1v) is 10.0. The topological polar surface area (TPSA) is 65.2 Å². The van der Waals surface area contributed by atoms with Crippen molar-refractivity contribution in [2.45, 2.75) is 64.0 Å². The van der Waals surface area contributed by atoms with Crippen molar-refractivity contribution < 1.29 is 10.2 Å². The van der Waals surface area contributed by atoms with E-state index in [9.17, 15) is 10.2 Å². The van der Waals surface area contributed by atoms with Gasteiger partial charge in [-0.05, 0) is 42.0 Å². The molecule has 28 heavy (non-hydrogen) atoms. The van der Waals surface area contributed by atoms with E-state index in [0.717, 1.165) is 42.4 Å². The molecular formula is C24H30N2O2. The molecule has 2 aromatic rings. The number of rotatable bonds is 4. The van der Waals surface area contributed by atoms with Gasteiger partial charge >= 0.3 is 0 Å². The van der Waals surface area contributed by atoms with E-state index < -0.39 is 0 Å². The number of para-hydroxylation sites is 2. The molecule has 2 N–H and O–H groups in total. The van der Waals surface area contributed by atoms with E-state index in [1.165, 1.54) is 0 Å². The highest BCUT2D eigenvalue weighted by Crippen LogP contribution is 2.32. The van der Waals surface area contributed by atoms with Crippen molar-refractivity contribution in [3.8, 4) is 11.5 Å². The van der Waals surface area contributed by atoms with Gasteiger partial charge in [0.25, 0.3) is 0 Å². The lowest BCUT2D eigenvalue weighted by Gasteiger charge is -2.25. The summed E-state index contributed by atoms with van der Waals surface area (Å²) < 4.78 is 0. The Labute approximate surface area is 167 Å². The van der Waals surface area contributed by atoms with Crippen LogP contribution < -0.4 is 0 Å². The molecule has 3 rings (SSSR count). The van der Waals surface area contributed by atoms with Crippen LogP contribution in [0.1, 0.15) is 63.1 Å². The Kier molecular flexibility index (Phi) is 6.18. The van der Waals surface area contributed by atoms with Gasteiger partial charge in [-0.2, -0.15) is 0 Å². The maximum Gasteiger partial charge on any atom is 0.128 e. The minimum atomic E-state index is -0.122. The normalized spacial score (nSPS) is 20.8. The van der Waals surface area contributed by atoms with Crippen molar-refractivity contribution in [3.63, 3.8) is 0 Å². The minimum Gasteiger partial charge on any atom is -0.507 e. The summed E-state index contributed by atoms with van der Waals surface area (Å²) in [5.41, 5.74) is 2.28. The van der Waals surface area contributed by atoms with Crippen LogP contribution in [0.3, 0.4) is 0 Å². The lowest BCUT2D eigenvalue weighted by molar-refractivity contribution is 0.390. The Morgan fingerprint density at radius 2 is 1.39 bits per heavy atom. The molecule has 0 unspecified atom stereocenters. The third-order valence-corrected chi connectivity index (χ3v) is 5.32. The van der Waals surface area contributed by atoms with E-state index in [1.54, 1.807) is 24.6 Å². The van der Waals surface area contributed by atoms with Crippen molar-refractivity contribution >= 4 is 12.4 Å². The van der Waals surface area contributed by atoms with E-state index in [2.05, 4.69) is 20.8 Å². The van der Waals surface area contributed by atoms with E-state index in [-0.39, 0.29) is 23.2 Å². The summed E-state index contributed by atoms with van der Waals surface area (Å²) in [6, 6.07) is 13.2. The van der Waals surface area contributed by atoms with Crippen LogP contribution in [0.5, 0.6) is 11.5 Å². The van der Waals surface area contributed by atoms with Gasteiger partial charge in [0.05, 0.1) is 12.1 Å². The number of aromatic hydroxyl groups is 2. The van der Waals surface area contributed by atoms with Crippen molar-refractivity contribution in [2.24, 2.45) is 9.98 Å². The van der Waals surface area contributed by atoms with Crippen molar-refractivity contribution in [2.75, 3.05) is 0 Å². The SMILES string of the molecule is CC(C)(C)c1cccc(C=N[C@@H]2CCCC[C@H]2N=Cc2ccccc2O)c1O. The Morgan fingerprint density at radius 1 is 0.821 bits per heavy atom. The molecule has 4 nitrogen and oxygen atoms in total. The number of phenolic OH excluding ortho intramolecular Hbond substituents is 2. The summed E-state index contributed by atoms with van der Waals surface area (Å²) in [4.78, 5) is 9.52. The molecule has 0 amide bonds. The zero-order valence-electron chi connectivity index (χ0n) is 17.0. The number of hydrogen-bond acceptors (Lipinski definition) is 4. The van der Waals surface area contributed by atoms with Crippen LogP contribution in [0.25, 0.3) is 0 Å². The zero-order chi connectivity index (χ0) is 20.1. The second kappa shape index (κ2) is 8.59. The summed E-state index contributed by atoms with van der Waals surface area (Å²) in [6.07, 6.45) is 7.80. The highest BCUT2D eigenvalue weighted by Gasteiger charge is 2.24. The average Bonchev–Trinajstić information content (AvgIpc) is 2.66. The number of hydrogen-bond donors (Lipinski definition) is 2. The third kappa shape index (κ3) is 4.80. The van der Waals surface area contributed by atoms with Gasteiger partial charge in [-0.15, -0.1) is 0 Å². The second-order valence-electron chi connectivity index (χ2n) is 8.53. The molecule has 148 valence electrons. The fraction of sp³-hybridized carbons (Fsp3) is 0.417. The Hall–Kier alpha value is -2.62. The monoisotopic (exact) mass is 378 g/mol. The summed E-state index contributed by atoms with van der Waals surface area (Å²) in [5.74, 6) is 0.551. The van der Waals surface area contributed by atoms with Crippen LogP contribution >= 0.6 is 0 Å². The standard InChI is InChI=1S/C24H30N2O2/c1-24(2,3)19-11-8-10-18(23(19)28)16-26-21-13-6-5-12-20(21)25-15-17-9-4-7-14-22(17)27/h4,7-11,14-16,20-21,27-28H,5-6,12-13H2,1-3H3/t20-,21-/m1/s1. The highest BCUT2D eigenvalue weighted by atomic mass is 16.3. The quantitative estimate of drug-likeness (QED) is 0.714. The molecule has 2 aromatic carbocycles. The number of phenols is 2. The zero-order valence-corrected chi connectivity index (χ0v) is 17.0. The molecule has 1 aliphatic carbocycles. The Balaban J connectivity index is 1.79. The predicted molar refractivity (Wildman–Crippen MR) is 116 cm³/mol. The predicted octanol–water partition coefficient (Wildman–Crippen LogP) is 5.24. The Morgan fingerprint density at radius 3 is 2.00 bits per heavy atom. The largest absolute Gasteiger partial charge is 0.507 e. The molecule has 1 fully saturated rings. The molecular weight excluding hydrogens is 348 g/mol. The van der Waals surface area contributed by atoms with E-state index in [4.69, 9.17) is 9.98 Å². The summed E-state index contributed by atoms with van der Waals surface area (Å²) >= 11 is 0. The molecule has 4 heteroatoms. The summed E-state index contributed by atoms with van der Waals surface area (Å²) in [6.45, 7) is 6.27. The molecule has 2 atom stereocenters. The molecule has 0 heterocycles. The first kappa shape index (κ1) is 20.1. The average molecular weight is 379 g/mol. The van der Waals surface area contributed by atoms with Crippen molar-refractivity contribution in [3.05, 3.63) is 59.2 Å². The van der Waals surface area contributed by atoms with Gasteiger partial charge in [0.1, 0.15) is 11.5 Å². The van der Waals surface area contributed by atoms with Gasteiger partial charge < -0.3 is 10.2 Å². The van der Waals surface area contributed by atoms with Crippen LogP contribution in [0.2, 0.25) is 0 Å². The lowest BCUT2D eigenvalue weighted by Crippen LogP contribution is -2.27. The van der Waals surface area contributed by atoms with Crippen LogP contribution in [0, 0.1) is 0 Å². The smallest absolute Gasteiger partial charge is 0.128 e. The summed E-state index contributed by atoms with van der Waals surface area (Å²) in [5, 5.41) is 20.6. The Bertz CT molecular complexity index is 865. The van der Waals surface area contributed by atoms with Gasteiger partial charge in [-0.1, -0.05) is 57.9 Å². The van der Waals surface area contributed by atoms with Crippen LogP contribution in [0.4, 0.5) is 0 Å². The molecule has 0 bridgehead atoms. The van der Waals surface area contributed by atoms with Crippen LogP contribution in [0.15, 0.2) is 52.4 Å². The first-order chi connectivity index (χ1) is 13.4. The van der Waals surface area contributed by atoms with Gasteiger partial charge in [-0.3, -0.25) is 9.98 Å². The number of nitrogens with zero attached hydrogens (tertiary/aromatic N) is 2. The van der Waals surface area contributed by atoms with Crippen molar-refractivity contribution in [1.82, 2.24) is 0 Å². The molecule has 0 spiro atoms. The molecule has 0 aliphatic heterocycles. The van der Waals surface area contributed by atoms with Crippen molar-refractivity contribution in [1.29, 1.82) is 0 Å². The number of aliphatic imine (C=N–C) groups is 2. The number of benzene rings is 2. The highest BCUT2D eigenvalue weighted by molar-refractivity contribution is 5.85. The van der Waals surface area contributed by atoms with Gasteiger partial charge in [-0.25, -0.2) is 0 Å². The molecule has 1 aliphatic rings. The molecule has 0 aromatic heterocycles. The lowest BCUT2D eigenvalue weighted by atomic mass is 9.85. The first-order valence-electron chi connectivity index (χ1n) is 10.0. The molecule has 0 radical (unpaired) electrons. The van der Waals surface area contributed by atoms with Crippen LogP contribution in [-0.4, -0.2) is 34.7 Å². The summed E-state index contributed by atoms with van der Waals surface area (Å²) in [7, 11) is 0. The minimum absolute atomic E-state index is 0.0912. The second-order valence-corrected chi connectivity index (χ2v) is 8.53. The van der Waals surface area contributed by atoms with Gasteiger partial charge in [0, 0.05) is 23.6 Å².